The molecule has 0 atom stereocenters. The van der Waals surface area contributed by atoms with Crippen LogP contribution in [0.1, 0.15) is 34.7 Å². The van der Waals surface area contributed by atoms with Crippen molar-refractivity contribution in [3.63, 3.8) is 0 Å². The molecule has 1 aliphatic rings. The minimum Gasteiger partial charge on any atom is -0.229 e. The Kier molecular flexibility index (Phi) is 3.49. The van der Waals surface area contributed by atoms with Gasteiger partial charge in [-0.3, -0.25) is 0 Å². The lowest BCUT2D eigenvalue weighted by atomic mass is 9.97. The Morgan fingerprint density at radius 2 is 2.00 bits per heavy atom. The van der Waals surface area contributed by atoms with Gasteiger partial charge in [0.05, 0.1) is 0 Å². The average molecular weight is 368 g/mol. The molecule has 1 aliphatic carbocycles. The summed E-state index contributed by atoms with van der Waals surface area (Å²) in [7, 11) is 0. The second kappa shape index (κ2) is 5.74. The van der Waals surface area contributed by atoms with Crippen molar-refractivity contribution in [1.29, 1.82) is 0 Å². The lowest BCUT2D eigenvalue weighted by molar-refractivity contribution is 0.699. The molecule has 4 heterocycles. The molecule has 126 valence electrons. The van der Waals surface area contributed by atoms with Crippen LogP contribution in [0.15, 0.2) is 22.6 Å². The molecule has 0 amide bonds. The Balaban J connectivity index is 1.62. The van der Waals surface area contributed by atoms with Crippen molar-refractivity contribution < 1.29 is 0 Å². The molecule has 6 nitrogen and oxygen atoms in total. The molecular formula is C17H16N6S2. The minimum absolute atomic E-state index is 0.637. The summed E-state index contributed by atoms with van der Waals surface area (Å²) in [6, 6.07) is 2.01. The van der Waals surface area contributed by atoms with E-state index in [2.05, 4.69) is 25.0 Å². The average Bonchev–Trinajstić information content (AvgIpc) is 3.16. The van der Waals surface area contributed by atoms with Crippen LogP contribution in [0.3, 0.4) is 0 Å². The monoisotopic (exact) mass is 368 g/mol. The largest absolute Gasteiger partial charge is 0.253 e. The van der Waals surface area contributed by atoms with Crippen LogP contribution in [0.5, 0.6) is 0 Å². The van der Waals surface area contributed by atoms with Crippen LogP contribution in [0.4, 0.5) is 0 Å². The lowest BCUT2D eigenvalue weighted by Crippen LogP contribution is -1.99. The van der Waals surface area contributed by atoms with Crippen LogP contribution in [-0.2, 0) is 12.8 Å². The van der Waals surface area contributed by atoms with Crippen LogP contribution >= 0.6 is 23.1 Å². The Labute approximate surface area is 152 Å². The van der Waals surface area contributed by atoms with E-state index in [1.165, 1.54) is 40.4 Å². The molecule has 8 heteroatoms. The van der Waals surface area contributed by atoms with Crippen molar-refractivity contribution in [2.75, 3.05) is 0 Å². The molecule has 0 unspecified atom stereocenters. The van der Waals surface area contributed by atoms with Gasteiger partial charge in [0.25, 0.3) is 5.78 Å². The normalized spacial score (nSPS) is 14.3. The number of nitrogens with zero attached hydrogens (tertiary/aromatic N) is 6. The second-order valence-corrected chi connectivity index (χ2v) is 8.36. The van der Waals surface area contributed by atoms with Gasteiger partial charge in [-0.1, -0.05) is 0 Å². The topological polar surface area (TPSA) is 68.9 Å². The highest BCUT2D eigenvalue weighted by molar-refractivity contribution is 7.99. The molecule has 0 saturated heterocycles. The van der Waals surface area contributed by atoms with Crippen LogP contribution in [0, 0.1) is 13.8 Å². The van der Waals surface area contributed by atoms with Crippen LogP contribution in [0.2, 0.25) is 0 Å². The standard InChI is InChI=1S/C17H16N6S2/c1-9-7-10(2)23-16(20-9)21-17(22-23)25-15-13-11-5-3-4-6-12(11)24-14(13)18-8-19-15/h7-8H,3-6H2,1-2H3. The smallest absolute Gasteiger partial charge is 0.229 e. The van der Waals surface area contributed by atoms with E-state index in [0.717, 1.165) is 34.1 Å². The maximum atomic E-state index is 4.60. The number of hydrogen-bond donors (Lipinski definition) is 0. The Hall–Kier alpha value is -2.06. The number of thiophene rings is 1. The van der Waals surface area contributed by atoms with Gasteiger partial charge < -0.3 is 0 Å². The number of hydrogen-bond acceptors (Lipinski definition) is 7. The highest BCUT2D eigenvalue weighted by Crippen LogP contribution is 2.40. The van der Waals surface area contributed by atoms with Gasteiger partial charge in [-0.15, -0.1) is 16.4 Å². The van der Waals surface area contributed by atoms with E-state index in [4.69, 9.17) is 0 Å². The van der Waals surface area contributed by atoms with Crippen molar-refractivity contribution in [3.05, 3.63) is 34.2 Å². The molecule has 0 aromatic carbocycles. The molecular weight excluding hydrogens is 352 g/mol. The van der Waals surface area contributed by atoms with Gasteiger partial charge in [-0.2, -0.15) is 4.98 Å². The van der Waals surface area contributed by atoms with Crippen LogP contribution in [-0.4, -0.2) is 29.5 Å². The van der Waals surface area contributed by atoms with Crippen molar-refractivity contribution >= 4 is 39.1 Å². The highest BCUT2D eigenvalue weighted by Gasteiger charge is 2.21. The third-order valence-corrected chi connectivity index (χ3v) is 6.56. The number of aryl methyl sites for hydroxylation is 4. The fraction of sp³-hybridized carbons (Fsp3) is 0.353. The molecule has 4 aromatic rings. The van der Waals surface area contributed by atoms with E-state index in [1.54, 1.807) is 10.8 Å². The molecule has 0 N–H and O–H groups in total. The van der Waals surface area contributed by atoms with E-state index >= 15 is 0 Å². The van der Waals surface area contributed by atoms with Gasteiger partial charge in [-0.05, 0) is 62.9 Å². The Morgan fingerprint density at radius 1 is 1.12 bits per heavy atom. The predicted octanol–water partition coefficient (Wildman–Crippen LogP) is 3.78. The lowest BCUT2D eigenvalue weighted by Gasteiger charge is -2.10. The van der Waals surface area contributed by atoms with E-state index in [0.29, 0.717) is 10.9 Å². The third-order valence-electron chi connectivity index (χ3n) is 4.50. The number of aromatic nitrogens is 6. The van der Waals surface area contributed by atoms with Crippen LogP contribution in [0.25, 0.3) is 16.0 Å². The van der Waals surface area contributed by atoms with E-state index in [-0.39, 0.29) is 0 Å². The van der Waals surface area contributed by atoms with Gasteiger partial charge in [0.1, 0.15) is 16.2 Å². The maximum Gasteiger partial charge on any atom is 0.253 e. The molecule has 0 spiro atoms. The second-order valence-electron chi connectivity index (χ2n) is 6.32. The van der Waals surface area contributed by atoms with Crippen molar-refractivity contribution in [2.24, 2.45) is 0 Å². The molecule has 25 heavy (non-hydrogen) atoms. The molecule has 0 fully saturated rings. The maximum absolute atomic E-state index is 4.60. The Bertz CT molecular complexity index is 1110. The summed E-state index contributed by atoms with van der Waals surface area (Å²) in [5.74, 6) is 0.637. The first-order chi connectivity index (χ1) is 12.2. The fourth-order valence-corrected chi connectivity index (χ4v) is 5.55. The van der Waals surface area contributed by atoms with Gasteiger partial charge in [0, 0.05) is 21.7 Å². The Morgan fingerprint density at radius 3 is 2.92 bits per heavy atom. The zero-order valence-corrected chi connectivity index (χ0v) is 15.6. The number of rotatable bonds is 2. The molecule has 4 aromatic heterocycles. The number of fused-ring (bicyclic) bond motifs is 4. The molecule has 5 rings (SSSR count). The fourth-order valence-electron chi connectivity index (χ4n) is 3.42. The molecule has 0 radical (unpaired) electrons. The first-order valence-corrected chi connectivity index (χ1v) is 9.96. The van der Waals surface area contributed by atoms with Crippen LogP contribution < -0.4 is 0 Å². The predicted molar refractivity (Wildman–Crippen MR) is 98.4 cm³/mol. The summed E-state index contributed by atoms with van der Waals surface area (Å²) >= 11 is 3.32. The third kappa shape index (κ3) is 2.51. The summed E-state index contributed by atoms with van der Waals surface area (Å²) < 4.78 is 1.79. The van der Waals surface area contributed by atoms with E-state index in [1.807, 2.05) is 31.3 Å². The summed E-state index contributed by atoms with van der Waals surface area (Å²) in [6.45, 7) is 3.99. The summed E-state index contributed by atoms with van der Waals surface area (Å²) in [5, 5.41) is 7.43. The van der Waals surface area contributed by atoms with Gasteiger partial charge in [0.15, 0.2) is 0 Å². The first-order valence-electron chi connectivity index (χ1n) is 8.33. The summed E-state index contributed by atoms with van der Waals surface area (Å²) in [5.41, 5.74) is 3.41. The van der Waals surface area contributed by atoms with Gasteiger partial charge >= 0.3 is 0 Å². The van der Waals surface area contributed by atoms with E-state index in [9.17, 15) is 0 Å². The molecule has 0 bridgehead atoms. The zero-order valence-electron chi connectivity index (χ0n) is 14.0. The quantitative estimate of drug-likeness (QED) is 0.502. The highest BCUT2D eigenvalue weighted by atomic mass is 32.2. The first kappa shape index (κ1) is 15.2. The van der Waals surface area contributed by atoms with E-state index < -0.39 is 0 Å². The van der Waals surface area contributed by atoms with Gasteiger partial charge in [-0.25, -0.2) is 19.5 Å². The van der Waals surface area contributed by atoms with Gasteiger partial charge in [0.2, 0.25) is 5.16 Å². The van der Waals surface area contributed by atoms with Crippen molar-refractivity contribution in [2.45, 2.75) is 49.7 Å². The van der Waals surface area contributed by atoms with Crippen molar-refractivity contribution in [3.8, 4) is 0 Å². The summed E-state index contributed by atoms with van der Waals surface area (Å²) in [6.07, 6.45) is 6.45. The van der Waals surface area contributed by atoms with Crippen molar-refractivity contribution in [1.82, 2.24) is 29.5 Å². The zero-order chi connectivity index (χ0) is 17.0. The molecule has 0 aliphatic heterocycles. The summed E-state index contributed by atoms with van der Waals surface area (Å²) in [4.78, 5) is 20.6. The molecule has 0 saturated carbocycles. The minimum atomic E-state index is 0.637. The SMILES string of the molecule is Cc1cc(C)n2nc(Sc3ncnc4sc5c(c34)CCCC5)nc2n1.